The number of hydrogen-bond acceptors (Lipinski definition) is 6. The smallest absolute Gasteiger partial charge is 0.381 e. The van der Waals surface area contributed by atoms with Gasteiger partial charge < -0.3 is 10.1 Å². The lowest BCUT2D eigenvalue weighted by Crippen LogP contribution is -2.48. The van der Waals surface area contributed by atoms with Gasteiger partial charge in [0.2, 0.25) is 5.95 Å². The number of carbonyl (C=O) groups is 1. The highest BCUT2D eigenvalue weighted by Crippen LogP contribution is 2.20. The van der Waals surface area contributed by atoms with E-state index in [0.717, 1.165) is 6.42 Å². The lowest BCUT2D eigenvalue weighted by Gasteiger charge is -2.22. The molecule has 0 bridgehead atoms. The molecule has 1 aliphatic carbocycles. The molecule has 3 rings (SSSR count). The fourth-order valence-corrected chi connectivity index (χ4v) is 2.65. The van der Waals surface area contributed by atoms with Crippen molar-refractivity contribution in [3.8, 4) is 0 Å². The summed E-state index contributed by atoms with van der Waals surface area (Å²) in [5, 5.41) is 3.22. The van der Waals surface area contributed by atoms with Crippen molar-refractivity contribution in [2.75, 3.05) is 26.0 Å². The Morgan fingerprint density at radius 3 is 2.75 bits per heavy atom. The molecular weight excluding hydrogens is 354 g/mol. The molecule has 1 heterocycles. The Morgan fingerprint density at radius 1 is 1.25 bits per heavy atom. The minimum absolute atomic E-state index is 0.250. The molecule has 0 spiro atoms. The highest BCUT2D eigenvalue weighted by molar-refractivity contribution is 5.80. The van der Waals surface area contributed by atoms with Gasteiger partial charge in [-0.15, -0.1) is 4.98 Å². The van der Waals surface area contributed by atoms with Crippen LogP contribution in [-0.4, -0.2) is 41.7 Å². The lowest BCUT2D eigenvalue weighted by molar-refractivity contribution is 0.148. The normalized spacial score (nSPS) is 14.9. The van der Waals surface area contributed by atoms with Crippen LogP contribution in [-0.2, 0) is 4.74 Å². The molecule has 1 N–H and O–H groups in total. The first-order valence-electron chi connectivity index (χ1n) is 9.21. The van der Waals surface area contributed by atoms with Crippen LogP contribution in [0.2, 0.25) is 0 Å². The van der Waals surface area contributed by atoms with E-state index in [9.17, 15) is 4.79 Å². The molecule has 7 heteroatoms. The summed E-state index contributed by atoms with van der Waals surface area (Å²) >= 11 is 0. The first kappa shape index (κ1) is 19.7. The number of rotatable bonds is 6. The lowest BCUT2D eigenvalue weighted by atomic mass is 10.0. The molecule has 1 atom stereocenters. The van der Waals surface area contributed by atoms with Crippen LogP contribution in [0.1, 0.15) is 24.8 Å². The maximum Gasteiger partial charge on any atom is 0.528 e. The highest BCUT2D eigenvalue weighted by atomic mass is 16.6. The Morgan fingerprint density at radius 2 is 2.04 bits per heavy atom. The van der Waals surface area contributed by atoms with E-state index < -0.39 is 6.09 Å². The molecule has 1 aliphatic rings. The Labute approximate surface area is 165 Å². The second-order valence-corrected chi connectivity index (χ2v) is 7.06. The number of ether oxygens (including phenoxy) is 1. The molecular formula is C21H25N5O2+. The summed E-state index contributed by atoms with van der Waals surface area (Å²) in [4.78, 5) is 25.4. The van der Waals surface area contributed by atoms with Crippen LogP contribution in [0, 0.1) is 6.42 Å². The number of aromatic nitrogens is 3. The summed E-state index contributed by atoms with van der Waals surface area (Å²) in [7, 11) is 3.38. The average molecular weight is 379 g/mol. The van der Waals surface area contributed by atoms with Crippen LogP contribution in [0.5, 0.6) is 0 Å². The first-order valence-corrected chi connectivity index (χ1v) is 9.21. The van der Waals surface area contributed by atoms with E-state index >= 15 is 0 Å². The molecule has 145 valence electrons. The van der Waals surface area contributed by atoms with Crippen molar-refractivity contribution in [3.63, 3.8) is 0 Å². The largest absolute Gasteiger partial charge is 0.528 e. The zero-order valence-corrected chi connectivity index (χ0v) is 16.4. The summed E-state index contributed by atoms with van der Waals surface area (Å²) in [6, 6.07) is 10.2. The summed E-state index contributed by atoms with van der Waals surface area (Å²) in [5.74, 6) is 1.55. The third kappa shape index (κ3) is 4.80. The number of hydrogen-bond donors (Lipinski definition) is 1. The molecule has 0 saturated heterocycles. The van der Waals surface area contributed by atoms with E-state index in [0.29, 0.717) is 24.2 Å². The Balaban J connectivity index is 1.66. The van der Waals surface area contributed by atoms with Crippen molar-refractivity contribution >= 4 is 18.0 Å². The third-order valence-corrected chi connectivity index (χ3v) is 4.51. The number of nitrogens with zero attached hydrogens (tertiary/aromatic N) is 4. The molecule has 0 saturated carbocycles. The Bertz CT molecular complexity index is 877. The van der Waals surface area contributed by atoms with Gasteiger partial charge in [-0.25, -0.2) is 4.98 Å². The summed E-state index contributed by atoms with van der Waals surface area (Å²) in [6.07, 6.45) is 9.13. The monoisotopic (exact) mass is 379 g/mol. The van der Waals surface area contributed by atoms with E-state index in [1.54, 1.807) is 20.2 Å². The van der Waals surface area contributed by atoms with Crippen LogP contribution < -0.4 is 9.80 Å². The second-order valence-electron chi connectivity index (χ2n) is 7.06. The predicted octanol–water partition coefficient (Wildman–Crippen LogP) is 3.84. The number of quaternary nitrogens is 1. The summed E-state index contributed by atoms with van der Waals surface area (Å²) < 4.78 is 5.22. The Kier molecular flexibility index (Phi) is 6.16. The fourth-order valence-electron chi connectivity index (χ4n) is 2.65. The van der Waals surface area contributed by atoms with Gasteiger partial charge in [-0.2, -0.15) is 14.3 Å². The molecule has 2 aromatic rings. The standard InChI is InChI=1S/C21H25N5O2/c1-16(17-10-6-4-7-11-17)14-22-19-23-15-24-20(25-19)26(2,3)21(27)28-18-12-8-5-9-13-18/h4-8,10-13,15-16H,9,14H2,1-3H3,(H,22,23,24,25)/q+1. The number of amides is 1. The van der Waals surface area contributed by atoms with Gasteiger partial charge >= 0.3 is 12.0 Å². The highest BCUT2D eigenvalue weighted by Gasteiger charge is 2.36. The van der Waals surface area contributed by atoms with Gasteiger partial charge in [0.25, 0.3) is 0 Å². The Hall–Kier alpha value is -3.06. The zero-order chi connectivity index (χ0) is 20.0. The van der Waals surface area contributed by atoms with Gasteiger partial charge in [-0.1, -0.05) is 43.3 Å². The van der Waals surface area contributed by atoms with E-state index in [1.807, 2.05) is 36.8 Å². The van der Waals surface area contributed by atoms with Crippen molar-refractivity contribution in [1.82, 2.24) is 19.4 Å². The van der Waals surface area contributed by atoms with Crippen LogP contribution >= 0.6 is 0 Å². The van der Waals surface area contributed by atoms with Gasteiger partial charge in [0.1, 0.15) is 12.1 Å². The second kappa shape index (κ2) is 8.75. The summed E-state index contributed by atoms with van der Waals surface area (Å²) in [5.41, 5.74) is 1.23. The molecule has 1 aromatic heterocycles. The molecule has 0 fully saturated rings. The molecule has 1 radical (unpaired) electrons. The van der Waals surface area contributed by atoms with E-state index in [-0.39, 0.29) is 10.4 Å². The van der Waals surface area contributed by atoms with Crippen LogP contribution in [0.25, 0.3) is 0 Å². The summed E-state index contributed by atoms with van der Waals surface area (Å²) in [6.45, 7) is 2.80. The average Bonchev–Trinajstić information content (AvgIpc) is 2.73. The molecule has 1 amide bonds. The molecule has 1 unspecified atom stereocenters. The zero-order valence-electron chi connectivity index (χ0n) is 16.4. The van der Waals surface area contributed by atoms with Gasteiger partial charge in [0.05, 0.1) is 14.1 Å². The van der Waals surface area contributed by atoms with Gasteiger partial charge in [-0.3, -0.25) is 0 Å². The van der Waals surface area contributed by atoms with Crippen LogP contribution in [0.4, 0.5) is 16.7 Å². The van der Waals surface area contributed by atoms with Crippen molar-refractivity contribution < 1.29 is 9.53 Å². The van der Waals surface area contributed by atoms with Crippen molar-refractivity contribution in [2.45, 2.75) is 19.3 Å². The van der Waals surface area contributed by atoms with Crippen molar-refractivity contribution in [3.05, 3.63) is 72.6 Å². The quantitative estimate of drug-likeness (QED) is 0.769. The maximum atomic E-state index is 12.6. The molecule has 28 heavy (non-hydrogen) atoms. The number of carbonyl (C=O) groups excluding carboxylic acids is 1. The third-order valence-electron chi connectivity index (χ3n) is 4.51. The number of anilines is 1. The van der Waals surface area contributed by atoms with Crippen molar-refractivity contribution in [1.29, 1.82) is 0 Å². The van der Waals surface area contributed by atoms with E-state index in [4.69, 9.17) is 4.74 Å². The van der Waals surface area contributed by atoms with Gasteiger partial charge in [0, 0.05) is 6.54 Å². The maximum absolute atomic E-state index is 12.6. The van der Waals surface area contributed by atoms with E-state index in [2.05, 4.69) is 39.3 Å². The number of benzene rings is 1. The predicted molar refractivity (Wildman–Crippen MR) is 109 cm³/mol. The topological polar surface area (TPSA) is 77.0 Å². The number of allylic oxidation sites excluding steroid dienone is 3. The van der Waals surface area contributed by atoms with Crippen LogP contribution in [0.3, 0.4) is 0 Å². The molecule has 0 aliphatic heterocycles. The van der Waals surface area contributed by atoms with E-state index in [1.165, 1.54) is 11.9 Å². The van der Waals surface area contributed by atoms with Gasteiger partial charge in [0.15, 0.2) is 0 Å². The molecule has 7 nitrogen and oxygen atoms in total. The fraction of sp³-hybridized carbons (Fsp3) is 0.286. The van der Waals surface area contributed by atoms with Crippen LogP contribution in [0.15, 0.2) is 60.6 Å². The minimum Gasteiger partial charge on any atom is -0.381 e. The minimum atomic E-state index is -0.465. The van der Waals surface area contributed by atoms with Gasteiger partial charge in [-0.05, 0) is 36.5 Å². The first-order chi connectivity index (χ1) is 13.5. The number of nitrogens with one attached hydrogen (secondary N) is 1. The molecule has 1 aromatic carbocycles. The SMILES string of the molecule is CC(CNc1ncnc([N+](C)(C)C(=O)OC2=CC[CH]C=C2)n1)c1ccccc1. The van der Waals surface area contributed by atoms with Crippen molar-refractivity contribution in [2.24, 2.45) is 0 Å².